The molecule has 0 saturated heterocycles. The second kappa shape index (κ2) is 5.33. The van der Waals surface area contributed by atoms with Crippen molar-refractivity contribution in [1.82, 2.24) is 0 Å². The first kappa shape index (κ1) is 11.4. The SMILES string of the molecule is Cc1cc(OCC2CCCCC2)ccc1F. The van der Waals surface area contributed by atoms with Crippen LogP contribution in [0.3, 0.4) is 0 Å². The van der Waals surface area contributed by atoms with Crippen LogP contribution in [0.25, 0.3) is 0 Å². The number of hydrogen-bond acceptors (Lipinski definition) is 1. The van der Waals surface area contributed by atoms with Crippen LogP contribution in [-0.4, -0.2) is 6.61 Å². The second-order valence-corrected chi connectivity index (χ2v) is 4.73. The first-order valence-electron chi connectivity index (χ1n) is 6.14. The average Bonchev–Trinajstić information content (AvgIpc) is 2.32. The number of benzene rings is 1. The molecule has 1 fully saturated rings. The summed E-state index contributed by atoms with van der Waals surface area (Å²) in [5.41, 5.74) is 0.654. The highest BCUT2D eigenvalue weighted by atomic mass is 19.1. The molecule has 1 aliphatic carbocycles. The van der Waals surface area contributed by atoms with Gasteiger partial charge in [0.1, 0.15) is 11.6 Å². The van der Waals surface area contributed by atoms with E-state index in [9.17, 15) is 4.39 Å². The minimum atomic E-state index is -0.162. The van der Waals surface area contributed by atoms with E-state index in [0.717, 1.165) is 12.4 Å². The summed E-state index contributed by atoms with van der Waals surface area (Å²) in [7, 11) is 0. The number of rotatable bonds is 3. The maximum Gasteiger partial charge on any atom is 0.126 e. The Kier molecular flexibility index (Phi) is 3.81. The molecule has 0 aliphatic heterocycles. The molecule has 0 bridgehead atoms. The monoisotopic (exact) mass is 222 g/mol. The highest BCUT2D eigenvalue weighted by molar-refractivity contribution is 5.28. The third kappa shape index (κ3) is 2.97. The third-order valence-electron chi connectivity index (χ3n) is 3.34. The molecule has 2 rings (SSSR count). The molecule has 1 aromatic carbocycles. The average molecular weight is 222 g/mol. The lowest BCUT2D eigenvalue weighted by Gasteiger charge is -2.21. The van der Waals surface area contributed by atoms with Crippen LogP contribution in [0.15, 0.2) is 18.2 Å². The first-order chi connectivity index (χ1) is 7.75. The van der Waals surface area contributed by atoms with Crippen LogP contribution in [0.2, 0.25) is 0 Å². The van der Waals surface area contributed by atoms with E-state index in [1.807, 2.05) is 0 Å². The molecule has 0 N–H and O–H groups in total. The Balaban J connectivity index is 1.86. The zero-order chi connectivity index (χ0) is 11.4. The topological polar surface area (TPSA) is 9.23 Å². The predicted molar refractivity (Wildman–Crippen MR) is 63.2 cm³/mol. The first-order valence-corrected chi connectivity index (χ1v) is 6.14. The maximum absolute atomic E-state index is 13.0. The highest BCUT2D eigenvalue weighted by Gasteiger charge is 2.14. The summed E-state index contributed by atoms with van der Waals surface area (Å²) in [5, 5.41) is 0. The Bertz CT molecular complexity index is 343. The summed E-state index contributed by atoms with van der Waals surface area (Å²) >= 11 is 0. The molecule has 0 atom stereocenters. The number of aryl methyl sites for hydroxylation is 1. The van der Waals surface area contributed by atoms with Crippen LogP contribution >= 0.6 is 0 Å². The smallest absolute Gasteiger partial charge is 0.126 e. The number of halogens is 1. The zero-order valence-corrected chi connectivity index (χ0v) is 9.84. The van der Waals surface area contributed by atoms with E-state index in [2.05, 4.69) is 0 Å². The van der Waals surface area contributed by atoms with Crippen molar-refractivity contribution >= 4 is 0 Å². The van der Waals surface area contributed by atoms with Gasteiger partial charge in [0, 0.05) is 0 Å². The Morgan fingerprint density at radius 2 is 2.00 bits per heavy atom. The van der Waals surface area contributed by atoms with Gasteiger partial charge in [0.25, 0.3) is 0 Å². The lowest BCUT2D eigenvalue weighted by Crippen LogP contribution is -2.15. The van der Waals surface area contributed by atoms with Gasteiger partial charge in [0.05, 0.1) is 6.61 Å². The molecule has 2 heteroatoms. The van der Waals surface area contributed by atoms with Crippen LogP contribution in [0.5, 0.6) is 5.75 Å². The Hall–Kier alpha value is -1.05. The lowest BCUT2D eigenvalue weighted by molar-refractivity contribution is 0.208. The summed E-state index contributed by atoms with van der Waals surface area (Å²) < 4.78 is 18.8. The van der Waals surface area contributed by atoms with Crippen LogP contribution in [0.1, 0.15) is 37.7 Å². The van der Waals surface area contributed by atoms with E-state index < -0.39 is 0 Å². The molecule has 0 amide bonds. The molecule has 0 aromatic heterocycles. The summed E-state index contributed by atoms with van der Waals surface area (Å²) in [6.45, 7) is 2.55. The fourth-order valence-electron chi connectivity index (χ4n) is 2.27. The van der Waals surface area contributed by atoms with Gasteiger partial charge >= 0.3 is 0 Å². The van der Waals surface area contributed by atoms with E-state index in [0.29, 0.717) is 11.5 Å². The highest BCUT2D eigenvalue weighted by Crippen LogP contribution is 2.25. The van der Waals surface area contributed by atoms with Gasteiger partial charge < -0.3 is 4.74 Å². The minimum absolute atomic E-state index is 0.162. The molecule has 1 aromatic rings. The molecular formula is C14H19FO. The molecule has 0 spiro atoms. The van der Waals surface area contributed by atoms with Gasteiger partial charge in [-0.1, -0.05) is 19.3 Å². The summed E-state index contributed by atoms with van der Waals surface area (Å²) in [4.78, 5) is 0. The van der Waals surface area contributed by atoms with Crippen molar-refractivity contribution in [3.8, 4) is 5.75 Å². The summed E-state index contributed by atoms with van der Waals surface area (Å²) in [6.07, 6.45) is 6.58. The zero-order valence-electron chi connectivity index (χ0n) is 9.84. The summed E-state index contributed by atoms with van der Waals surface area (Å²) in [5.74, 6) is 1.33. The fourth-order valence-corrected chi connectivity index (χ4v) is 2.27. The second-order valence-electron chi connectivity index (χ2n) is 4.73. The molecule has 1 aliphatic rings. The Morgan fingerprint density at radius 3 is 2.69 bits per heavy atom. The molecule has 0 unspecified atom stereocenters. The molecule has 0 radical (unpaired) electrons. The van der Waals surface area contributed by atoms with Crippen molar-refractivity contribution in [3.05, 3.63) is 29.6 Å². The van der Waals surface area contributed by atoms with Crippen LogP contribution < -0.4 is 4.74 Å². The molecule has 88 valence electrons. The van der Waals surface area contributed by atoms with Crippen LogP contribution in [-0.2, 0) is 0 Å². The van der Waals surface area contributed by atoms with Crippen molar-refractivity contribution in [2.45, 2.75) is 39.0 Å². The molecule has 16 heavy (non-hydrogen) atoms. The van der Waals surface area contributed by atoms with Crippen LogP contribution in [0, 0.1) is 18.7 Å². The largest absolute Gasteiger partial charge is 0.493 e. The van der Waals surface area contributed by atoms with E-state index in [1.54, 1.807) is 19.1 Å². The van der Waals surface area contributed by atoms with Crippen molar-refractivity contribution in [2.24, 2.45) is 5.92 Å². The van der Waals surface area contributed by atoms with E-state index >= 15 is 0 Å². The van der Waals surface area contributed by atoms with Crippen LogP contribution in [0.4, 0.5) is 4.39 Å². The molecular weight excluding hydrogens is 203 g/mol. The molecule has 1 nitrogen and oxygen atoms in total. The Morgan fingerprint density at radius 1 is 1.25 bits per heavy atom. The van der Waals surface area contributed by atoms with Crippen molar-refractivity contribution in [2.75, 3.05) is 6.61 Å². The van der Waals surface area contributed by atoms with Gasteiger partial charge in [-0.2, -0.15) is 0 Å². The van der Waals surface area contributed by atoms with E-state index in [1.165, 1.54) is 38.2 Å². The van der Waals surface area contributed by atoms with Gasteiger partial charge in [0.2, 0.25) is 0 Å². The fraction of sp³-hybridized carbons (Fsp3) is 0.571. The third-order valence-corrected chi connectivity index (χ3v) is 3.34. The number of hydrogen-bond donors (Lipinski definition) is 0. The normalized spacial score (nSPS) is 17.4. The standard InChI is InChI=1S/C14H19FO/c1-11-9-13(7-8-14(11)15)16-10-12-5-3-2-4-6-12/h7-9,12H,2-6,10H2,1H3. The van der Waals surface area contributed by atoms with Crippen molar-refractivity contribution in [3.63, 3.8) is 0 Å². The van der Waals surface area contributed by atoms with Gasteiger partial charge in [0.15, 0.2) is 0 Å². The van der Waals surface area contributed by atoms with Gasteiger partial charge in [-0.15, -0.1) is 0 Å². The quantitative estimate of drug-likeness (QED) is 0.748. The summed E-state index contributed by atoms with van der Waals surface area (Å²) in [6, 6.07) is 4.97. The molecule has 1 saturated carbocycles. The van der Waals surface area contributed by atoms with Crippen molar-refractivity contribution < 1.29 is 9.13 Å². The van der Waals surface area contributed by atoms with E-state index in [-0.39, 0.29) is 5.82 Å². The Labute approximate surface area is 96.6 Å². The van der Waals surface area contributed by atoms with Gasteiger partial charge in [-0.3, -0.25) is 0 Å². The molecule has 0 heterocycles. The van der Waals surface area contributed by atoms with Crippen molar-refractivity contribution in [1.29, 1.82) is 0 Å². The lowest BCUT2D eigenvalue weighted by atomic mass is 9.90. The van der Waals surface area contributed by atoms with E-state index in [4.69, 9.17) is 4.74 Å². The van der Waals surface area contributed by atoms with Gasteiger partial charge in [-0.25, -0.2) is 4.39 Å². The number of ether oxygens (including phenoxy) is 1. The maximum atomic E-state index is 13.0. The minimum Gasteiger partial charge on any atom is -0.493 e. The van der Waals surface area contributed by atoms with Gasteiger partial charge in [-0.05, 0) is 49.4 Å². The predicted octanol–water partition coefficient (Wildman–Crippen LogP) is 4.09.